The monoisotopic (exact) mass is 424 g/mol. The Kier molecular flexibility index (Phi) is 6.22. The fourth-order valence-electron chi connectivity index (χ4n) is 2.31. The summed E-state index contributed by atoms with van der Waals surface area (Å²) in [5.41, 5.74) is 1.56. The molecule has 0 bridgehead atoms. The van der Waals surface area contributed by atoms with Crippen LogP contribution in [-0.2, 0) is 21.4 Å². The zero-order valence-corrected chi connectivity index (χ0v) is 16.6. The number of nitrogens with one attached hydrogen (secondary N) is 2. The molecule has 27 heavy (non-hydrogen) atoms. The second-order valence-corrected chi connectivity index (χ2v) is 8.79. The van der Waals surface area contributed by atoms with Crippen LogP contribution in [0.2, 0.25) is 10.0 Å². The summed E-state index contributed by atoms with van der Waals surface area (Å²) in [5, 5.41) is 3.62. The molecule has 2 aromatic carbocycles. The van der Waals surface area contributed by atoms with Crippen molar-refractivity contribution < 1.29 is 13.2 Å². The second-order valence-electron chi connectivity index (χ2n) is 6.26. The fourth-order valence-corrected chi connectivity index (χ4v) is 3.92. The molecule has 5 nitrogen and oxygen atoms in total. The van der Waals surface area contributed by atoms with Gasteiger partial charge in [-0.25, -0.2) is 13.1 Å². The zero-order valence-electron chi connectivity index (χ0n) is 14.3. The maximum absolute atomic E-state index is 12.1. The third-order valence-electron chi connectivity index (χ3n) is 3.97. The van der Waals surface area contributed by atoms with Crippen molar-refractivity contribution in [3.63, 3.8) is 0 Å². The van der Waals surface area contributed by atoms with Crippen LogP contribution in [0.15, 0.2) is 53.4 Å². The molecule has 0 heterocycles. The van der Waals surface area contributed by atoms with Crippen LogP contribution in [0.4, 0.5) is 0 Å². The zero-order chi connectivity index (χ0) is 19.4. The molecule has 2 aromatic rings. The van der Waals surface area contributed by atoms with E-state index < -0.39 is 10.0 Å². The quantitative estimate of drug-likeness (QED) is 0.664. The highest BCUT2D eigenvalue weighted by atomic mass is 35.5. The van der Waals surface area contributed by atoms with E-state index in [1.165, 1.54) is 18.2 Å². The number of rotatable bonds is 7. The summed E-state index contributed by atoms with van der Waals surface area (Å²) in [5.74, 6) is -0.270. The highest BCUT2D eigenvalue weighted by Gasteiger charge is 2.27. The number of benzene rings is 2. The lowest BCUT2D eigenvalue weighted by atomic mass is 10.2. The predicted octanol–water partition coefficient (Wildman–Crippen LogP) is 3.76. The standard InChI is InChI=1S/C19H18Cl2N2O3S/c20-17-9-3-13(11-18(17)21)4-10-19(24)22-12-14-1-7-16(8-2-14)27(25,26)23-15-5-6-15/h1-4,7-11,15,23H,5-6,12H2,(H,22,24)/b10-4+. The van der Waals surface area contributed by atoms with E-state index in [-0.39, 0.29) is 16.8 Å². The van der Waals surface area contributed by atoms with Gasteiger partial charge in [-0.2, -0.15) is 0 Å². The number of hydrogen-bond acceptors (Lipinski definition) is 3. The topological polar surface area (TPSA) is 75.3 Å². The molecule has 2 N–H and O–H groups in total. The molecule has 0 aliphatic heterocycles. The summed E-state index contributed by atoms with van der Waals surface area (Å²) in [4.78, 5) is 12.2. The minimum absolute atomic E-state index is 0.0660. The Balaban J connectivity index is 1.53. The maximum atomic E-state index is 12.1. The molecule has 0 spiro atoms. The van der Waals surface area contributed by atoms with Gasteiger partial charge in [0.05, 0.1) is 14.9 Å². The second kappa shape index (κ2) is 8.44. The molecule has 3 rings (SSSR count). The van der Waals surface area contributed by atoms with Gasteiger partial charge < -0.3 is 5.32 Å². The molecule has 0 aromatic heterocycles. The van der Waals surface area contributed by atoms with Crippen LogP contribution in [0.3, 0.4) is 0 Å². The molecular weight excluding hydrogens is 407 g/mol. The molecule has 0 radical (unpaired) electrons. The van der Waals surface area contributed by atoms with Crippen LogP contribution < -0.4 is 10.0 Å². The maximum Gasteiger partial charge on any atom is 0.244 e. The van der Waals surface area contributed by atoms with Crippen LogP contribution >= 0.6 is 23.2 Å². The minimum atomic E-state index is -3.46. The molecule has 1 aliphatic carbocycles. The van der Waals surface area contributed by atoms with Crippen molar-refractivity contribution in [1.29, 1.82) is 0 Å². The van der Waals surface area contributed by atoms with Crippen molar-refractivity contribution in [1.82, 2.24) is 10.0 Å². The van der Waals surface area contributed by atoms with Gasteiger partial charge in [-0.3, -0.25) is 4.79 Å². The van der Waals surface area contributed by atoms with Crippen molar-refractivity contribution in [3.05, 3.63) is 69.7 Å². The Morgan fingerprint density at radius 3 is 2.41 bits per heavy atom. The van der Waals surface area contributed by atoms with Crippen molar-refractivity contribution in [2.75, 3.05) is 0 Å². The van der Waals surface area contributed by atoms with Crippen LogP contribution in [0, 0.1) is 0 Å². The number of halogens is 2. The molecule has 1 aliphatic rings. The molecule has 0 unspecified atom stereocenters. The fraction of sp³-hybridized carbons (Fsp3) is 0.211. The van der Waals surface area contributed by atoms with Gasteiger partial charge in [0.2, 0.25) is 15.9 Å². The van der Waals surface area contributed by atoms with E-state index >= 15 is 0 Å². The van der Waals surface area contributed by atoms with Crippen molar-refractivity contribution in [2.24, 2.45) is 0 Å². The summed E-state index contributed by atoms with van der Waals surface area (Å²) in [6, 6.07) is 11.6. The smallest absolute Gasteiger partial charge is 0.244 e. The van der Waals surface area contributed by atoms with Gasteiger partial charge in [0, 0.05) is 18.7 Å². The summed E-state index contributed by atoms with van der Waals surface area (Å²) < 4.78 is 26.9. The van der Waals surface area contributed by atoms with Gasteiger partial charge in [-0.15, -0.1) is 0 Å². The van der Waals surface area contributed by atoms with E-state index in [9.17, 15) is 13.2 Å². The first-order valence-electron chi connectivity index (χ1n) is 8.36. The van der Waals surface area contributed by atoms with Gasteiger partial charge in [-0.05, 0) is 54.3 Å². The summed E-state index contributed by atoms with van der Waals surface area (Å²) in [7, 11) is -3.46. The number of carbonyl (C=O) groups excluding carboxylic acids is 1. The molecule has 1 saturated carbocycles. The lowest BCUT2D eigenvalue weighted by Crippen LogP contribution is -2.25. The highest BCUT2D eigenvalue weighted by molar-refractivity contribution is 7.89. The Labute approximate surface area is 168 Å². The van der Waals surface area contributed by atoms with Gasteiger partial charge in [0.25, 0.3) is 0 Å². The van der Waals surface area contributed by atoms with Crippen LogP contribution in [0.5, 0.6) is 0 Å². The number of sulfonamides is 1. The van der Waals surface area contributed by atoms with Gasteiger partial charge >= 0.3 is 0 Å². The molecule has 8 heteroatoms. The van der Waals surface area contributed by atoms with E-state index in [2.05, 4.69) is 10.0 Å². The molecular formula is C19H18Cl2N2O3S. The summed E-state index contributed by atoms with van der Waals surface area (Å²) >= 11 is 11.8. The van der Waals surface area contributed by atoms with E-state index in [1.807, 2.05) is 0 Å². The molecule has 1 amide bonds. The van der Waals surface area contributed by atoms with Gasteiger partial charge in [0.15, 0.2) is 0 Å². The van der Waals surface area contributed by atoms with Crippen molar-refractivity contribution >= 4 is 45.2 Å². The van der Waals surface area contributed by atoms with Gasteiger partial charge in [0.1, 0.15) is 0 Å². The first-order chi connectivity index (χ1) is 12.8. The van der Waals surface area contributed by atoms with Crippen LogP contribution in [-0.4, -0.2) is 20.4 Å². The van der Waals surface area contributed by atoms with E-state index in [4.69, 9.17) is 23.2 Å². The third kappa shape index (κ3) is 5.81. The third-order valence-corrected chi connectivity index (χ3v) is 6.25. The highest BCUT2D eigenvalue weighted by Crippen LogP contribution is 2.23. The molecule has 0 saturated heterocycles. The lowest BCUT2D eigenvalue weighted by Gasteiger charge is -2.07. The molecule has 1 fully saturated rings. The normalized spacial score (nSPS) is 14.4. The van der Waals surface area contributed by atoms with Gasteiger partial charge in [-0.1, -0.05) is 41.4 Å². The van der Waals surface area contributed by atoms with Crippen molar-refractivity contribution in [3.8, 4) is 0 Å². The Morgan fingerprint density at radius 1 is 1.07 bits per heavy atom. The number of amides is 1. The van der Waals surface area contributed by atoms with Crippen molar-refractivity contribution in [2.45, 2.75) is 30.3 Å². The predicted molar refractivity (Wildman–Crippen MR) is 107 cm³/mol. The van der Waals surface area contributed by atoms with E-state index in [0.717, 1.165) is 24.0 Å². The molecule has 0 atom stereocenters. The Bertz CT molecular complexity index is 969. The lowest BCUT2D eigenvalue weighted by molar-refractivity contribution is -0.116. The first-order valence-corrected chi connectivity index (χ1v) is 10.6. The summed E-state index contributed by atoms with van der Waals surface area (Å²) in [6.07, 6.45) is 4.81. The minimum Gasteiger partial charge on any atom is -0.348 e. The van der Waals surface area contributed by atoms with Crippen LogP contribution in [0.1, 0.15) is 24.0 Å². The van der Waals surface area contributed by atoms with E-state index in [1.54, 1.807) is 36.4 Å². The molecule has 142 valence electrons. The Hall–Kier alpha value is -1.86. The van der Waals surface area contributed by atoms with E-state index in [0.29, 0.717) is 16.6 Å². The van der Waals surface area contributed by atoms with Crippen LogP contribution in [0.25, 0.3) is 6.08 Å². The number of carbonyl (C=O) groups is 1. The SMILES string of the molecule is O=C(/C=C/c1ccc(Cl)c(Cl)c1)NCc1ccc(S(=O)(=O)NC2CC2)cc1. The number of hydrogen-bond donors (Lipinski definition) is 2. The first kappa shape index (κ1) is 19.9. The Morgan fingerprint density at radius 2 is 1.78 bits per heavy atom. The largest absolute Gasteiger partial charge is 0.348 e. The average molecular weight is 425 g/mol. The summed E-state index contributed by atoms with van der Waals surface area (Å²) in [6.45, 7) is 0.293. The average Bonchev–Trinajstić information content (AvgIpc) is 3.44.